The van der Waals surface area contributed by atoms with Crippen molar-refractivity contribution in [2.75, 3.05) is 23.8 Å². The van der Waals surface area contributed by atoms with Crippen molar-refractivity contribution in [3.63, 3.8) is 0 Å². The van der Waals surface area contributed by atoms with E-state index in [0.29, 0.717) is 0 Å². The highest BCUT2D eigenvalue weighted by molar-refractivity contribution is 8.44. The van der Waals surface area contributed by atoms with Gasteiger partial charge in [-0.1, -0.05) is 52.2 Å². The molecule has 3 saturated heterocycles. The van der Waals surface area contributed by atoms with Crippen molar-refractivity contribution in [3.05, 3.63) is 33.4 Å². The molecule has 4 aromatic rings. The number of hydrogen-bond acceptors (Lipinski definition) is 16. The van der Waals surface area contributed by atoms with E-state index in [9.17, 15) is 28.3 Å². The number of thiol groups is 2. The molecule has 0 aromatic carbocycles. The Morgan fingerprint density at radius 2 is 1.14 bits per heavy atom. The van der Waals surface area contributed by atoms with E-state index < -0.39 is 111 Å². The van der Waals surface area contributed by atoms with Crippen LogP contribution in [-0.4, -0.2) is 101 Å². The van der Waals surface area contributed by atoms with Crippen molar-refractivity contribution < 1.29 is 55.1 Å². The zero-order valence-corrected chi connectivity index (χ0v) is 33.0. The number of H-pyrrole nitrogens is 2. The number of alkyl halides is 2. The number of nitrogens with zero attached hydrogens (tertiary/aromatic N) is 6. The van der Waals surface area contributed by atoms with Crippen molar-refractivity contribution >= 4 is 84.1 Å². The fourth-order valence-corrected chi connectivity index (χ4v) is 8.89. The Labute approximate surface area is 323 Å². The molecule has 0 saturated carbocycles. The van der Waals surface area contributed by atoms with Crippen LogP contribution in [0.5, 0.6) is 0 Å². The maximum absolute atomic E-state index is 16.4. The number of carbonyl (C=O) groups is 2. The molecule has 7 rings (SSSR count). The molecule has 3 aliphatic heterocycles. The highest BCUT2D eigenvalue weighted by Gasteiger charge is 2.54. The SMILES string of the molecule is CC(C)C(=O)Nc1nc2c(ncn2[C@@H]2O[C@@H]3CO[P@@](=O)(S)O[C@H]4[C@@H](F)[C@H](n5cnc6c(=O)[nH]c(NC(=O)C(C)C)nc65)O[C@@H]4CO[P@@](=O)(S)O[C@H]3[C@H]2F)c(=O)[nH]1. The standard InChI is InChI=1S/C28H34F2N10O12P2S2/c1-9(2)21(41)35-27-33-19-15(23(43)37-27)31-7-39(19)25-13(29)17-11(49-25)5-47-54(46,56)52-18-12(6-48-53(45,55)51-17)50-26(14(18)30)40-8-32-16-20(40)34-28(38-24(16)44)36-22(42)10(3)4/h7-14,17-18,25-26H,5-6H2,1-4H3,(H,45,55)(H,46,56)(H2,33,35,37,41,43)(H2,34,36,38,42,44)/t11-,12-,13-,14-,17-,18-,25-,26-,53-,54-/m1/s1. The van der Waals surface area contributed by atoms with Crippen LogP contribution in [0.4, 0.5) is 20.7 Å². The van der Waals surface area contributed by atoms with Gasteiger partial charge in [-0.05, 0) is 0 Å². The Balaban J connectivity index is 1.15. The second-order valence-electron chi connectivity index (χ2n) is 13.5. The Morgan fingerprint density at radius 3 is 1.50 bits per heavy atom. The normalized spacial score (nSPS) is 32.6. The van der Waals surface area contributed by atoms with Gasteiger partial charge in [0.1, 0.15) is 24.4 Å². The number of rotatable bonds is 6. The van der Waals surface area contributed by atoms with Crippen LogP contribution in [0.15, 0.2) is 22.2 Å². The summed E-state index contributed by atoms with van der Waals surface area (Å²) in [6, 6.07) is 0. The third kappa shape index (κ3) is 7.95. The minimum absolute atomic E-state index is 0.206. The fourth-order valence-electron chi connectivity index (χ4n) is 5.92. The number of aromatic amines is 2. The Bertz CT molecular complexity index is 2250. The number of amides is 2. The number of nitrogens with one attached hydrogen (secondary N) is 4. The van der Waals surface area contributed by atoms with E-state index in [-0.39, 0.29) is 34.2 Å². The van der Waals surface area contributed by atoms with Crippen LogP contribution in [0.1, 0.15) is 40.2 Å². The summed E-state index contributed by atoms with van der Waals surface area (Å²) in [5.74, 6) is -2.40. The minimum atomic E-state index is -4.58. The minimum Gasteiger partial charge on any atom is -0.346 e. The Morgan fingerprint density at radius 1 is 0.768 bits per heavy atom. The van der Waals surface area contributed by atoms with E-state index in [2.05, 4.69) is 65.0 Å². The Hall–Kier alpha value is -3.58. The van der Waals surface area contributed by atoms with Crippen LogP contribution in [0, 0.1) is 11.8 Å². The molecule has 0 unspecified atom stereocenters. The first-order valence-electron chi connectivity index (χ1n) is 16.8. The molecule has 3 fully saturated rings. The molecule has 0 spiro atoms. The maximum Gasteiger partial charge on any atom is 0.386 e. The van der Waals surface area contributed by atoms with E-state index >= 15 is 8.78 Å². The van der Waals surface area contributed by atoms with Gasteiger partial charge in [0.05, 0.1) is 25.9 Å². The van der Waals surface area contributed by atoms with Gasteiger partial charge in [-0.15, -0.1) is 0 Å². The van der Waals surface area contributed by atoms with Crippen molar-refractivity contribution in [1.82, 2.24) is 39.0 Å². The van der Waals surface area contributed by atoms with Crippen molar-refractivity contribution in [3.8, 4) is 0 Å². The summed E-state index contributed by atoms with van der Waals surface area (Å²) < 4.78 is 95.6. The summed E-state index contributed by atoms with van der Waals surface area (Å²) >= 11 is 7.99. The van der Waals surface area contributed by atoms with Crippen molar-refractivity contribution in [1.29, 1.82) is 0 Å². The van der Waals surface area contributed by atoms with Gasteiger partial charge in [0.15, 0.2) is 47.1 Å². The molecule has 7 heterocycles. The van der Waals surface area contributed by atoms with Gasteiger partial charge >= 0.3 is 13.6 Å². The zero-order chi connectivity index (χ0) is 40.4. The highest BCUT2D eigenvalue weighted by Crippen LogP contribution is 2.60. The molecule has 28 heteroatoms. The lowest BCUT2D eigenvalue weighted by atomic mass is 10.1. The molecule has 0 radical (unpaired) electrons. The first kappa shape index (κ1) is 40.6. The van der Waals surface area contributed by atoms with Gasteiger partial charge in [0.25, 0.3) is 11.1 Å². The van der Waals surface area contributed by atoms with E-state index in [4.69, 9.17) is 27.6 Å². The van der Waals surface area contributed by atoms with Crippen LogP contribution in [0.3, 0.4) is 0 Å². The summed E-state index contributed by atoms with van der Waals surface area (Å²) in [6.45, 7) is -4.30. The lowest BCUT2D eigenvalue weighted by molar-refractivity contribution is -0.119. The number of imidazole rings is 2. The van der Waals surface area contributed by atoms with E-state index in [1.165, 1.54) is 0 Å². The van der Waals surface area contributed by atoms with Crippen LogP contribution >= 0.6 is 38.1 Å². The van der Waals surface area contributed by atoms with Gasteiger partial charge < -0.3 is 9.47 Å². The molecule has 0 aliphatic carbocycles. The maximum atomic E-state index is 16.4. The van der Waals surface area contributed by atoms with Crippen molar-refractivity contribution in [2.24, 2.45) is 11.8 Å². The van der Waals surface area contributed by atoms with Gasteiger partial charge in [0, 0.05) is 11.8 Å². The average molecular weight is 867 g/mol. The molecule has 4 N–H and O–H groups in total. The number of carbonyl (C=O) groups excluding carboxylic acids is 2. The smallest absolute Gasteiger partial charge is 0.346 e. The molecule has 0 bridgehead atoms. The van der Waals surface area contributed by atoms with E-state index in [1.807, 2.05) is 0 Å². The van der Waals surface area contributed by atoms with Crippen molar-refractivity contribution in [2.45, 2.75) is 76.9 Å². The van der Waals surface area contributed by atoms with Gasteiger partial charge in [-0.2, -0.15) is 9.97 Å². The summed E-state index contributed by atoms with van der Waals surface area (Å²) in [5, 5.41) is 4.88. The topological polar surface area (TPSA) is 275 Å². The predicted molar refractivity (Wildman–Crippen MR) is 196 cm³/mol. The summed E-state index contributed by atoms with van der Waals surface area (Å²) in [6.07, 6.45) is -12.4. The second kappa shape index (κ2) is 15.3. The monoisotopic (exact) mass is 866 g/mol. The number of anilines is 2. The summed E-state index contributed by atoms with van der Waals surface area (Å²) in [4.78, 5) is 71.1. The fraction of sp³-hybridized carbons (Fsp3) is 0.571. The number of ether oxygens (including phenoxy) is 2. The molecule has 304 valence electrons. The third-order valence-electron chi connectivity index (χ3n) is 8.79. The number of aromatic nitrogens is 8. The molecule has 56 heavy (non-hydrogen) atoms. The molecule has 4 aromatic heterocycles. The molecule has 2 amide bonds. The van der Waals surface area contributed by atoms with Gasteiger partial charge in [-0.25, -0.2) is 27.9 Å². The first-order chi connectivity index (χ1) is 26.3. The summed E-state index contributed by atoms with van der Waals surface area (Å²) in [7, 11) is 0. The van der Waals surface area contributed by atoms with Gasteiger partial charge in [0.2, 0.25) is 23.7 Å². The molecular weight excluding hydrogens is 832 g/mol. The Kier molecular flexibility index (Phi) is 11.1. The number of hydrogen-bond donors (Lipinski definition) is 6. The van der Waals surface area contributed by atoms with Crippen LogP contribution < -0.4 is 21.8 Å². The zero-order valence-electron chi connectivity index (χ0n) is 29.5. The quantitative estimate of drug-likeness (QED) is 0.120. The molecule has 10 atom stereocenters. The number of halogens is 2. The molecule has 22 nitrogen and oxygen atoms in total. The van der Waals surface area contributed by atoms with E-state index in [1.54, 1.807) is 27.7 Å². The second-order valence-corrected chi connectivity index (χ2v) is 19.2. The average Bonchev–Trinajstić information content (AvgIpc) is 3.87. The predicted octanol–water partition coefficient (Wildman–Crippen LogP) is 2.81. The number of fused-ring (bicyclic) bond motifs is 4. The van der Waals surface area contributed by atoms with E-state index in [0.717, 1.165) is 21.8 Å². The highest BCUT2D eigenvalue weighted by atomic mass is 32.7. The van der Waals surface area contributed by atoms with Crippen LogP contribution in [-0.2, 0) is 46.3 Å². The summed E-state index contributed by atoms with van der Waals surface area (Å²) in [5.41, 5.74) is -2.41. The molecular formula is C28H34F2N10O12P2S2. The lowest BCUT2D eigenvalue weighted by Crippen LogP contribution is -2.36. The third-order valence-corrected chi connectivity index (χ3v) is 12.0. The van der Waals surface area contributed by atoms with Gasteiger partial charge in [-0.3, -0.25) is 67.0 Å². The largest absolute Gasteiger partial charge is 0.386 e. The van der Waals surface area contributed by atoms with Crippen LogP contribution in [0.2, 0.25) is 0 Å². The first-order valence-corrected chi connectivity index (χ1v) is 22.2. The van der Waals surface area contributed by atoms with Crippen LogP contribution in [0.25, 0.3) is 22.3 Å². The molecule has 3 aliphatic rings. The lowest BCUT2D eigenvalue weighted by Gasteiger charge is -2.28.